The minimum atomic E-state index is -0.156. The molecule has 1 fully saturated rings. The SMILES string of the molecule is Cc1cc(C(=O)N[C@H]2CCN(C(=O)c3ccccn3)C2)c(C)o1. The standard InChI is InChI=1S/C17H19N3O3/c1-11-9-14(12(2)23-11)16(21)19-13-6-8-20(10-13)17(22)15-5-3-4-7-18-15/h3-5,7,9,13H,6,8,10H2,1-2H3,(H,19,21)/t13-/m0/s1. The number of hydrogen-bond acceptors (Lipinski definition) is 4. The highest BCUT2D eigenvalue weighted by atomic mass is 16.3. The number of pyridine rings is 1. The molecule has 0 bridgehead atoms. The first kappa shape index (κ1) is 15.3. The summed E-state index contributed by atoms with van der Waals surface area (Å²) >= 11 is 0. The highest BCUT2D eigenvalue weighted by Gasteiger charge is 2.29. The zero-order valence-corrected chi connectivity index (χ0v) is 13.2. The maximum Gasteiger partial charge on any atom is 0.272 e. The maximum absolute atomic E-state index is 12.3. The molecule has 2 aromatic rings. The number of amides is 2. The molecular weight excluding hydrogens is 294 g/mol. The van der Waals surface area contributed by atoms with Crippen LogP contribution in [0.25, 0.3) is 0 Å². The van der Waals surface area contributed by atoms with E-state index in [-0.39, 0.29) is 17.9 Å². The predicted molar refractivity (Wildman–Crippen MR) is 84.2 cm³/mol. The van der Waals surface area contributed by atoms with Crippen LogP contribution in [0.3, 0.4) is 0 Å². The topological polar surface area (TPSA) is 75.4 Å². The van der Waals surface area contributed by atoms with Crippen LogP contribution in [0.2, 0.25) is 0 Å². The molecule has 1 aliphatic rings. The molecule has 3 heterocycles. The van der Waals surface area contributed by atoms with Gasteiger partial charge in [-0.15, -0.1) is 0 Å². The third-order valence-corrected chi connectivity index (χ3v) is 3.98. The Labute approximate surface area is 134 Å². The van der Waals surface area contributed by atoms with Gasteiger partial charge >= 0.3 is 0 Å². The number of nitrogens with one attached hydrogen (secondary N) is 1. The number of carbonyl (C=O) groups excluding carboxylic acids is 2. The minimum absolute atomic E-state index is 0.0511. The first-order chi connectivity index (χ1) is 11.0. The smallest absolute Gasteiger partial charge is 0.272 e. The molecule has 0 aliphatic carbocycles. The Bertz CT molecular complexity index is 724. The first-order valence-electron chi connectivity index (χ1n) is 7.63. The zero-order valence-electron chi connectivity index (χ0n) is 13.2. The van der Waals surface area contributed by atoms with Crippen molar-refractivity contribution in [3.05, 3.63) is 53.2 Å². The summed E-state index contributed by atoms with van der Waals surface area (Å²) in [5.74, 6) is 1.07. The van der Waals surface area contributed by atoms with Gasteiger partial charge in [-0.25, -0.2) is 0 Å². The van der Waals surface area contributed by atoms with Crippen LogP contribution < -0.4 is 5.32 Å². The van der Waals surface area contributed by atoms with Crippen molar-refractivity contribution in [1.29, 1.82) is 0 Å². The average Bonchev–Trinajstić information content (AvgIpc) is 3.13. The lowest BCUT2D eigenvalue weighted by Gasteiger charge is -2.16. The lowest BCUT2D eigenvalue weighted by Crippen LogP contribution is -2.38. The second-order valence-electron chi connectivity index (χ2n) is 5.75. The Kier molecular flexibility index (Phi) is 4.14. The van der Waals surface area contributed by atoms with Crippen LogP contribution in [0.4, 0.5) is 0 Å². The summed E-state index contributed by atoms with van der Waals surface area (Å²) in [6, 6.07) is 6.95. The third-order valence-electron chi connectivity index (χ3n) is 3.98. The van der Waals surface area contributed by atoms with E-state index in [1.807, 2.05) is 6.92 Å². The lowest BCUT2D eigenvalue weighted by atomic mass is 10.2. The lowest BCUT2D eigenvalue weighted by molar-refractivity contribution is 0.0777. The molecule has 0 radical (unpaired) electrons. The molecule has 0 spiro atoms. The van der Waals surface area contributed by atoms with Gasteiger partial charge in [-0.1, -0.05) is 6.07 Å². The van der Waals surface area contributed by atoms with Crippen LogP contribution in [0.1, 0.15) is 38.8 Å². The van der Waals surface area contributed by atoms with Crippen molar-refractivity contribution in [3.63, 3.8) is 0 Å². The fourth-order valence-electron chi connectivity index (χ4n) is 2.83. The van der Waals surface area contributed by atoms with E-state index in [1.165, 1.54) is 0 Å². The average molecular weight is 313 g/mol. The summed E-state index contributed by atoms with van der Waals surface area (Å²) in [6.45, 7) is 4.70. The van der Waals surface area contributed by atoms with Crippen molar-refractivity contribution in [2.24, 2.45) is 0 Å². The Morgan fingerprint density at radius 3 is 2.83 bits per heavy atom. The van der Waals surface area contributed by atoms with Gasteiger partial charge < -0.3 is 14.6 Å². The number of furan rings is 1. The van der Waals surface area contributed by atoms with Crippen molar-refractivity contribution < 1.29 is 14.0 Å². The van der Waals surface area contributed by atoms with Crippen LogP contribution in [0.15, 0.2) is 34.9 Å². The van der Waals surface area contributed by atoms with Crippen LogP contribution in [0, 0.1) is 13.8 Å². The molecule has 0 saturated carbocycles. The monoisotopic (exact) mass is 313 g/mol. The summed E-state index contributed by atoms with van der Waals surface area (Å²) < 4.78 is 5.38. The zero-order chi connectivity index (χ0) is 16.4. The van der Waals surface area contributed by atoms with E-state index < -0.39 is 0 Å². The Morgan fingerprint density at radius 2 is 2.17 bits per heavy atom. The van der Waals surface area contributed by atoms with Gasteiger partial charge in [-0.3, -0.25) is 14.6 Å². The van der Waals surface area contributed by atoms with E-state index in [2.05, 4.69) is 10.3 Å². The third kappa shape index (κ3) is 3.26. The summed E-state index contributed by atoms with van der Waals surface area (Å²) in [5.41, 5.74) is 0.984. The molecule has 0 aromatic carbocycles. The highest BCUT2D eigenvalue weighted by molar-refractivity contribution is 5.96. The molecule has 0 unspecified atom stereocenters. The molecule has 2 aromatic heterocycles. The first-order valence-corrected chi connectivity index (χ1v) is 7.63. The normalized spacial score (nSPS) is 17.3. The summed E-state index contributed by atoms with van der Waals surface area (Å²) in [6.07, 6.45) is 2.34. The van der Waals surface area contributed by atoms with E-state index in [1.54, 1.807) is 42.3 Å². The number of nitrogens with zero attached hydrogens (tertiary/aromatic N) is 2. The van der Waals surface area contributed by atoms with Gasteiger partial charge in [0.2, 0.25) is 0 Å². The van der Waals surface area contributed by atoms with E-state index in [0.29, 0.717) is 35.9 Å². The molecule has 23 heavy (non-hydrogen) atoms. The van der Waals surface area contributed by atoms with Crippen molar-refractivity contribution in [1.82, 2.24) is 15.2 Å². The quantitative estimate of drug-likeness (QED) is 0.939. The number of aryl methyl sites for hydroxylation is 2. The molecule has 3 rings (SSSR count). The van der Waals surface area contributed by atoms with Crippen LogP contribution in [0.5, 0.6) is 0 Å². The number of hydrogen-bond donors (Lipinski definition) is 1. The maximum atomic E-state index is 12.3. The van der Waals surface area contributed by atoms with E-state index in [4.69, 9.17) is 4.42 Å². The molecule has 1 saturated heterocycles. The number of likely N-dealkylation sites (tertiary alicyclic amines) is 1. The van der Waals surface area contributed by atoms with E-state index in [9.17, 15) is 9.59 Å². The fraction of sp³-hybridized carbons (Fsp3) is 0.353. The number of carbonyl (C=O) groups is 2. The van der Waals surface area contributed by atoms with Crippen LogP contribution in [-0.4, -0.2) is 40.8 Å². The van der Waals surface area contributed by atoms with Crippen molar-refractivity contribution >= 4 is 11.8 Å². The van der Waals surface area contributed by atoms with Crippen molar-refractivity contribution in [2.45, 2.75) is 26.3 Å². The fourth-order valence-corrected chi connectivity index (χ4v) is 2.83. The van der Waals surface area contributed by atoms with Crippen LogP contribution >= 0.6 is 0 Å². The largest absolute Gasteiger partial charge is 0.466 e. The molecule has 1 N–H and O–H groups in total. The molecule has 120 valence electrons. The number of aromatic nitrogens is 1. The van der Waals surface area contributed by atoms with E-state index >= 15 is 0 Å². The Morgan fingerprint density at radius 1 is 1.35 bits per heavy atom. The highest BCUT2D eigenvalue weighted by Crippen LogP contribution is 2.16. The Hall–Kier alpha value is -2.63. The van der Waals surface area contributed by atoms with Gasteiger partial charge in [0.15, 0.2) is 0 Å². The summed E-state index contributed by atoms with van der Waals surface area (Å²) in [5, 5.41) is 2.97. The second kappa shape index (κ2) is 6.24. The molecule has 2 amide bonds. The van der Waals surface area contributed by atoms with Gasteiger partial charge in [-0.2, -0.15) is 0 Å². The van der Waals surface area contributed by atoms with Gasteiger partial charge in [0, 0.05) is 25.3 Å². The molecular formula is C17H19N3O3. The predicted octanol–water partition coefficient (Wildman–Crippen LogP) is 1.94. The molecule has 1 aliphatic heterocycles. The summed E-state index contributed by atoms with van der Waals surface area (Å²) in [7, 11) is 0. The summed E-state index contributed by atoms with van der Waals surface area (Å²) in [4.78, 5) is 30.4. The van der Waals surface area contributed by atoms with Gasteiger partial charge in [0.05, 0.1) is 5.56 Å². The van der Waals surface area contributed by atoms with E-state index in [0.717, 1.165) is 6.42 Å². The van der Waals surface area contributed by atoms with Crippen molar-refractivity contribution in [2.75, 3.05) is 13.1 Å². The minimum Gasteiger partial charge on any atom is -0.466 e. The van der Waals surface area contributed by atoms with Crippen molar-refractivity contribution in [3.8, 4) is 0 Å². The van der Waals surface area contributed by atoms with Gasteiger partial charge in [0.1, 0.15) is 17.2 Å². The van der Waals surface area contributed by atoms with Gasteiger partial charge in [0.25, 0.3) is 11.8 Å². The second-order valence-corrected chi connectivity index (χ2v) is 5.75. The molecule has 6 nitrogen and oxygen atoms in total. The Balaban J connectivity index is 1.61. The van der Waals surface area contributed by atoms with Crippen LogP contribution in [-0.2, 0) is 0 Å². The molecule has 6 heteroatoms. The number of rotatable bonds is 3. The molecule has 1 atom stereocenters. The van der Waals surface area contributed by atoms with Gasteiger partial charge in [-0.05, 0) is 38.5 Å².